The molecule has 14 heavy (non-hydrogen) atoms. The molecule has 0 N–H and O–H groups in total. The smallest absolute Gasteiger partial charge is 0.135 e. The van der Waals surface area contributed by atoms with Crippen LogP contribution in [0.25, 0.3) is 0 Å². The van der Waals surface area contributed by atoms with Crippen LogP contribution < -0.4 is 0 Å². The van der Waals surface area contributed by atoms with Crippen molar-refractivity contribution in [2.75, 3.05) is 0 Å². The van der Waals surface area contributed by atoms with Crippen LogP contribution in [0.3, 0.4) is 0 Å². The second-order valence-corrected chi connectivity index (χ2v) is 4.71. The molecule has 0 bridgehead atoms. The minimum absolute atomic E-state index is 0.428. The van der Waals surface area contributed by atoms with Crippen molar-refractivity contribution in [2.45, 2.75) is 65.2 Å². The topological polar surface area (TPSA) is 17.1 Å². The molecule has 1 aliphatic carbocycles. The fourth-order valence-electron chi connectivity index (χ4n) is 2.49. The van der Waals surface area contributed by atoms with Gasteiger partial charge in [0, 0.05) is 12.3 Å². The number of carbonyl (C=O) groups excluding carboxylic acids is 1. The van der Waals surface area contributed by atoms with E-state index >= 15 is 0 Å². The monoisotopic (exact) mass is 196 g/mol. The Labute approximate surface area is 88.3 Å². The van der Waals surface area contributed by atoms with Crippen molar-refractivity contribution in [3.05, 3.63) is 0 Å². The lowest BCUT2D eigenvalue weighted by atomic mass is 9.96. The Bertz CT molecular complexity index is 174. The maximum Gasteiger partial charge on any atom is 0.135 e. The first kappa shape index (κ1) is 11.7. The molecular weight excluding hydrogens is 172 g/mol. The number of Topliss-reactive ketones (excluding diaryl/α,β-unsaturated/α-hetero) is 1. The number of unbranched alkanes of at least 4 members (excludes halogenated alkanes) is 2. The van der Waals surface area contributed by atoms with E-state index in [0.717, 1.165) is 18.8 Å². The van der Waals surface area contributed by atoms with Crippen LogP contribution in [0.5, 0.6) is 0 Å². The Morgan fingerprint density at radius 1 is 1.21 bits per heavy atom. The predicted molar refractivity (Wildman–Crippen MR) is 60.3 cm³/mol. The molecule has 0 aromatic rings. The van der Waals surface area contributed by atoms with Gasteiger partial charge in [0.05, 0.1) is 0 Å². The number of ketones is 1. The fraction of sp³-hybridized carbons (Fsp3) is 0.923. The van der Waals surface area contributed by atoms with Crippen LogP contribution in [0.15, 0.2) is 0 Å². The molecule has 1 rings (SSSR count). The van der Waals surface area contributed by atoms with Gasteiger partial charge in [0.25, 0.3) is 0 Å². The molecule has 0 radical (unpaired) electrons. The molecule has 82 valence electrons. The third kappa shape index (κ3) is 3.43. The van der Waals surface area contributed by atoms with Crippen molar-refractivity contribution in [2.24, 2.45) is 11.8 Å². The lowest BCUT2D eigenvalue weighted by molar-refractivity contribution is -0.122. The zero-order valence-corrected chi connectivity index (χ0v) is 9.72. The molecule has 0 amide bonds. The Balaban J connectivity index is 2.18. The number of rotatable bonds is 6. The van der Waals surface area contributed by atoms with E-state index in [1.165, 1.54) is 38.5 Å². The summed E-state index contributed by atoms with van der Waals surface area (Å²) in [5.41, 5.74) is 0. The van der Waals surface area contributed by atoms with Gasteiger partial charge >= 0.3 is 0 Å². The molecule has 1 heteroatoms. The van der Waals surface area contributed by atoms with Crippen LogP contribution in [-0.4, -0.2) is 5.78 Å². The molecule has 0 aliphatic heterocycles. The lowest BCUT2D eigenvalue weighted by Crippen LogP contribution is -2.10. The minimum atomic E-state index is 0.428. The highest BCUT2D eigenvalue weighted by molar-refractivity contribution is 5.81. The van der Waals surface area contributed by atoms with Crippen LogP contribution >= 0.6 is 0 Å². The van der Waals surface area contributed by atoms with Gasteiger partial charge in [0.1, 0.15) is 5.78 Å². The summed E-state index contributed by atoms with van der Waals surface area (Å²) in [6, 6.07) is 0. The molecule has 0 spiro atoms. The third-order valence-corrected chi connectivity index (χ3v) is 3.60. The normalized spacial score (nSPS) is 26.7. The molecule has 1 aliphatic rings. The molecule has 0 aromatic carbocycles. The van der Waals surface area contributed by atoms with Crippen LogP contribution in [0, 0.1) is 11.8 Å². The van der Waals surface area contributed by atoms with Gasteiger partial charge in [-0.3, -0.25) is 4.79 Å². The Morgan fingerprint density at radius 2 is 2.00 bits per heavy atom. The fourth-order valence-corrected chi connectivity index (χ4v) is 2.49. The largest absolute Gasteiger partial charge is 0.299 e. The van der Waals surface area contributed by atoms with Gasteiger partial charge in [-0.2, -0.15) is 0 Å². The van der Waals surface area contributed by atoms with Crippen molar-refractivity contribution in [3.8, 4) is 0 Å². The zero-order valence-electron chi connectivity index (χ0n) is 9.72. The van der Waals surface area contributed by atoms with Gasteiger partial charge in [-0.25, -0.2) is 0 Å². The molecule has 2 unspecified atom stereocenters. The van der Waals surface area contributed by atoms with Gasteiger partial charge < -0.3 is 0 Å². The first-order valence-corrected chi connectivity index (χ1v) is 6.30. The summed E-state index contributed by atoms with van der Waals surface area (Å²) in [6.07, 6.45) is 9.30. The SMILES string of the molecule is CCCCCC(=O)C1CCC(CC)C1. The van der Waals surface area contributed by atoms with Gasteiger partial charge in [0.2, 0.25) is 0 Å². The van der Waals surface area contributed by atoms with E-state index in [9.17, 15) is 4.79 Å². The maximum atomic E-state index is 11.8. The van der Waals surface area contributed by atoms with Crippen molar-refractivity contribution < 1.29 is 4.79 Å². The summed E-state index contributed by atoms with van der Waals surface area (Å²) in [4.78, 5) is 11.8. The quantitative estimate of drug-likeness (QED) is 0.588. The highest BCUT2D eigenvalue weighted by Gasteiger charge is 2.27. The van der Waals surface area contributed by atoms with E-state index in [-0.39, 0.29) is 0 Å². The van der Waals surface area contributed by atoms with Crippen molar-refractivity contribution >= 4 is 5.78 Å². The van der Waals surface area contributed by atoms with Crippen LogP contribution in [0.4, 0.5) is 0 Å². The Morgan fingerprint density at radius 3 is 2.57 bits per heavy atom. The van der Waals surface area contributed by atoms with E-state index in [1.54, 1.807) is 0 Å². The summed E-state index contributed by atoms with van der Waals surface area (Å²) in [5.74, 6) is 1.82. The molecule has 0 heterocycles. The summed E-state index contributed by atoms with van der Waals surface area (Å²) in [6.45, 7) is 4.43. The van der Waals surface area contributed by atoms with E-state index in [1.807, 2.05) is 0 Å². The van der Waals surface area contributed by atoms with Crippen molar-refractivity contribution in [1.82, 2.24) is 0 Å². The Kier molecular flexibility index (Phi) is 5.21. The molecule has 1 nitrogen and oxygen atoms in total. The standard InChI is InChI=1S/C13H24O/c1-3-5-6-7-13(14)12-9-8-11(4-2)10-12/h11-12H,3-10H2,1-2H3. The van der Waals surface area contributed by atoms with E-state index in [0.29, 0.717) is 11.7 Å². The highest BCUT2D eigenvalue weighted by Crippen LogP contribution is 2.34. The lowest BCUT2D eigenvalue weighted by Gasteiger charge is -2.08. The van der Waals surface area contributed by atoms with Gasteiger partial charge in [0.15, 0.2) is 0 Å². The molecular formula is C13H24O. The van der Waals surface area contributed by atoms with Gasteiger partial charge in [-0.05, 0) is 31.6 Å². The molecule has 0 saturated heterocycles. The van der Waals surface area contributed by atoms with Crippen LogP contribution in [0.2, 0.25) is 0 Å². The first-order valence-electron chi connectivity index (χ1n) is 6.30. The van der Waals surface area contributed by atoms with Gasteiger partial charge in [-0.15, -0.1) is 0 Å². The first-order chi connectivity index (χ1) is 6.77. The number of hydrogen-bond donors (Lipinski definition) is 0. The molecule has 1 saturated carbocycles. The van der Waals surface area contributed by atoms with E-state index < -0.39 is 0 Å². The molecule has 2 atom stereocenters. The number of hydrogen-bond acceptors (Lipinski definition) is 1. The van der Waals surface area contributed by atoms with Crippen molar-refractivity contribution in [1.29, 1.82) is 0 Å². The van der Waals surface area contributed by atoms with E-state index in [2.05, 4.69) is 13.8 Å². The average molecular weight is 196 g/mol. The van der Waals surface area contributed by atoms with Crippen molar-refractivity contribution in [3.63, 3.8) is 0 Å². The summed E-state index contributed by atoms with van der Waals surface area (Å²) in [5, 5.41) is 0. The van der Waals surface area contributed by atoms with Crippen LogP contribution in [0.1, 0.15) is 65.2 Å². The maximum absolute atomic E-state index is 11.8. The summed E-state index contributed by atoms with van der Waals surface area (Å²) >= 11 is 0. The van der Waals surface area contributed by atoms with Crippen LogP contribution in [-0.2, 0) is 4.79 Å². The highest BCUT2D eigenvalue weighted by atomic mass is 16.1. The summed E-state index contributed by atoms with van der Waals surface area (Å²) < 4.78 is 0. The molecule has 0 aromatic heterocycles. The second kappa shape index (κ2) is 6.21. The Hall–Kier alpha value is -0.330. The van der Waals surface area contributed by atoms with E-state index in [4.69, 9.17) is 0 Å². The zero-order chi connectivity index (χ0) is 10.4. The predicted octanol–water partition coefficient (Wildman–Crippen LogP) is 3.96. The summed E-state index contributed by atoms with van der Waals surface area (Å²) in [7, 11) is 0. The molecule has 1 fully saturated rings. The average Bonchev–Trinajstić information content (AvgIpc) is 2.66. The minimum Gasteiger partial charge on any atom is -0.299 e. The third-order valence-electron chi connectivity index (χ3n) is 3.60. The van der Waals surface area contributed by atoms with Gasteiger partial charge in [-0.1, -0.05) is 33.1 Å². The number of carbonyl (C=O) groups is 1. The second-order valence-electron chi connectivity index (χ2n) is 4.71.